The zero-order valence-electron chi connectivity index (χ0n) is 16.5. The molecule has 0 atom stereocenters. The van der Waals surface area contributed by atoms with Crippen LogP contribution in [0.15, 0.2) is 93.3 Å². The van der Waals surface area contributed by atoms with Gasteiger partial charge in [0.05, 0.1) is 22.7 Å². The molecule has 8 heteroatoms. The summed E-state index contributed by atoms with van der Waals surface area (Å²) in [6.45, 7) is 2.92. The summed E-state index contributed by atoms with van der Waals surface area (Å²) in [5, 5.41) is 22.1. The standard InChI is InChI=1S/C22H20N6O2/c1-15(29)23-17-3-7-19(8-4-17)25-27-21-11-13-22(14-12-21)28-26-20-9-5-18(6-10-20)24-16(2)30/h3-14H,1-2H3,(H,23,29)(H,24,30). The Morgan fingerprint density at radius 2 is 0.733 bits per heavy atom. The third-order valence-electron chi connectivity index (χ3n) is 3.79. The minimum absolute atomic E-state index is 0.122. The molecule has 0 fully saturated rings. The van der Waals surface area contributed by atoms with Crippen molar-refractivity contribution in [2.24, 2.45) is 20.5 Å². The first-order chi connectivity index (χ1) is 14.5. The van der Waals surface area contributed by atoms with Gasteiger partial charge in [-0.05, 0) is 72.8 Å². The number of hydrogen-bond acceptors (Lipinski definition) is 6. The van der Waals surface area contributed by atoms with E-state index in [-0.39, 0.29) is 11.8 Å². The lowest BCUT2D eigenvalue weighted by atomic mass is 10.3. The van der Waals surface area contributed by atoms with Crippen molar-refractivity contribution >= 4 is 45.9 Å². The Labute approximate surface area is 173 Å². The third kappa shape index (κ3) is 6.45. The molecule has 0 bridgehead atoms. The van der Waals surface area contributed by atoms with Crippen molar-refractivity contribution < 1.29 is 9.59 Å². The molecule has 0 spiro atoms. The van der Waals surface area contributed by atoms with E-state index in [1.807, 2.05) is 0 Å². The van der Waals surface area contributed by atoms with Crippen LogP contribution in [-0.4, -0.2) is 11.8 Å². The smallest absolute Gasteiger partial charge is 0.221 e. The fourth-order valence-corrected chi connectivity index (χ4v) is 2.45. The monoisotopic (exact) mass is 400 g/mol. The number of hydrogen-bond donors (Lipinski definition) is 2. The molecule has 3 aromatic rings. The molecular weight excluding hydrogens is 380 g/mol. The van der Waals surface area contributed by atoms with E-state index in [0.29, 0.717) is 34.1 Å². The van der Waals surface area contributed by atoms with Crippen LogP contribution >= 0.6 is 0 Å². The molecule has 0 saturated carbocycles. The molecule has 0 aliphatic heterocycles. The quantitative estimate of drug-likeness (QED) is 0.465. The van der Waals surface area contributed by atoms with E-state index < -0.39 is 0 Å². The van der Waals surface area contributed by atoms with Gasteiger partial charge in [0.1, 0.15) is 0 Å². The summed E-state index contributed by atoms with van der Waals surface area (Å²) < 4.78 is 0. The third-order valence-corrected chi connectivity index (χ3v) is 3.79. The molecule has 8 nitrogen and oxygen atoms in total. The van der Waals surface area contributed by atoms with E-state index in [9.17, 15) is 9.59 Å². The lowest BCUT2D eigenvalue weighted by Crippen LogP contribution is -2.04. The Balaban J connectivity index is 1.59. The van der Waals surface area contributed by atoms with E-state index in [4.69, 9.17) is 0 Å². The molecule has 150 valence electrons. The largest absolute Gasteiger partial charge is 0.326 e. The van der Waals surface area contributed by atoms with Gasteiger partial charge in [-0.25, -0.2) is 0 Å². The predicted octanol–water partition coefficient (Wildman–Crippen LogP) is 6.43. The van der Waals surface area contributed by atoms with E-state index in [2.05, 4.69) is 31.1 Å². The maximum absolute atomic E-state index is 11.0. The molecule has 3 rings (SSSR count). The molecule has 3 aromatic carbocycles. The van der Waals surface area contributed by atoms with Crippen LogP contribution in [0.25, 0.3) is 0 Å². The van der Waals surface area contributed by atoms with E-state index in [0.717, 1.165) is 0 Å². The second-order valence-corrected chi connectivity index (χ2v) is 6.37. The molecule has 30 heavy (non-hydrogen) atoms. The van der Waals surface area contributed by atoms with Crippen LogP contribution in [0.5, 0.6) is 0 Å². The second kappa shape index (κ2) is 9.83. The van der Waals surface area contributed by atoms with Crippen molar-refractivity contribution in [2.75, 3.05) is 10.6 Å². The normalized spacial score (nSPS) is 11.0. The Morgan fingerprint density at radius 1 is 0.500 bits per heavy atom. The summed E-state index contributed by atoms with van der Waals surface area (Å²) in [4.78, 5) is 22.1. The second-order valence-electron chi connectivity index (χ2n) is 6.37. The Kier molecular flexibility index (Phi) is 6.73. The maximum atomic E-state index is 11.0. The molecule has 0 heterocycles. The molecule has 0 aliphatic rings. The van der Waals surface area contributed by atoms with Crippen molar-refractivity contribution in [2.45, 2.75) is 13.8 Å². The molecular formula is C22H20N6O2. The lowest BCUT2D eigenvalue weighted by molar-refractivity contribution is -0.115. The van der Waals surface area contributed by atoms with Gasteiger partial charge in [-0.1, -0.05) is 0 Å². The Hall–Kier alpha value is -4.20. The number of azo groups is 2. The first-order valence-corrected chi connectivity index (χ1v) is 9.17. The van der Waals surface area contributed by atoms with Gasteiger partial charge >= 0.3 is 0 Å². The van der Waals surface area contributed by atoms with Crippen LogP contribution in [-0.2, 0) is 9.59 Å². The van der Waals surface area contributed by atoms with Gasteiger partial charge in [0, 0.05) is 25.2 Å². The zero-order chi connectivity index (χ0) is 21.3. The van der Waals surface area contributed by atoms with E-state index in [1.54, 1.807) is 72.8 Å². The SMILES string of the molecule is CC(=O)Nc1ccc(N=Nc2ccc(N=Nc3ccc(NC(C)=O)cc3)cc2)cc1. The van der Waals surface area contributed by atoms with E-state index in [1.165, 1.54) is 13.8 Å². The highest BCUT2D eigenvalue weighted by Gasteiger charge is 1.98. The first kappa shape index (κ1) is 20.5. The van der Waals surface area contributed by atoms with E-state index >= 15 is 0 Å². The van der Waals surface area contributed by atoms with Gasteiger partial charge < -0.3 is 10.6 Å². The summed E-state index contributed by atoms with van der Waals surface area (Å²) in [7, 11) is 0. The molecule has 0 aromatic heterocycles. The molecule has 0 aliphatic carbocycles. The number of nitrogens with one attached hydrogen (secondary N) is 2. The fraction of sp³-hybridized carbons (Fsp3) is 0.0909. The predicted molar refractivity (Wildman–Crippen MR) is 116 cm³/mol. The molecule has 0 unspecified atom stereocenters. The van der Waals surface area contributed by atoms with Crippen LogP contribution in [0.1, 0.15) is 13.8 Å². The first-order valence-electron chi connectivity index (χ1n) is 9.17. The number of anilines is 2. The average Bonchev–Trinajstić information content (AvgIpc) is 2.73. The highest BCUT2D eigenvalue weighted by molar-refractivity contribution is 5.89. The number of amides is 2. The van der Waals surface area contributed by atoms with Crippen molar-refractivity contribution in [3.8, 4) is 0 Å². The number of benzene rings is 3. The van der Waals surface area contributed by atoms with Gasteiger partial charge in [0.15, 0.2) is 0 Å². The van der Waals surface area contributed by atoms with Crippen LogP contribution in [0, 0.1) is 0 Å². The van der Waals surface area contributed by atoms with Crippen molar-refractivity contribution in [3.63, 3.8) is 0 Å². The number of rotatable bonds is 6. The minimum Gasteiger partial charge on any atom is -0.326 e. The zero-order valence-corrected chi connectivity index (χ0v) is 16.5. The summed E-state index contributed by atoms with van der Waals surface area (Å²) in [6, 6.07) is 21.3. The van der Waals surface area contributed by atoms with Crippen molar-refractivity contribution in [1.29, 1.82) is 0 Å². The highest BCUT2D eigenvalue weighted by Crippen LogP contribution is 2.24. The van der Waals surface area contributed by atoms with Crippen LogP contribution in [0.3, 0.4) is 0 Å². The lowest BCUT2D eigenvalue weighted by Gasteiger charge is -2.01. The summed E-state index contributed by atoms with van der Waals surface area (Å²) in [5.41, 5.74) is 4.13. The molecule has 0 saturated heterocycles. The van der Waals surface area contributed by atoms with Gasteiger partial charge in [0.25, 0.3) is 0 Å². The van der Waals surface area contributed by atoms with Crippen molar-refractivity contribution in [3.05, 3.63) is 72.8 Å². The topological polar surface area (TPSA) is 108 Å². The van der Waals surface area contributed by atoms with Gasteiger partial charge in [-0.15, -0.1) is 0 Å². The molecule has 0 radical (unpaired) electrons. The minimum atomic E-state index is -0.122. The Bertz CT molecular complexity index is 984. The highest BCUT2D eigenvalue weighted by atomic mass is 16.2. The van der Waals surface area contributed by atoms with Gasteiger partial charge in [0.2, 0.25) is 11.8 Å². The Morgan fingerprint density at radius 3 is 0.967 bits per heavy atom. The summed E-state index contributed by atoms with van der Waals surface area (Å²) in [5.74, 6) is -0.243. The van der Waals surface area contributed by atoms with Gasteiger partial charge in [-0.3, -0.25) is 9.59 Å². The van der Waals surface area contributed by atoms with Crippen LogP contribution in [0.4, 0.5) is 34.1 Å². The number of carbonyl (C=O) groups is 2. The van der Waals surface area contributed by atoms with Crippen LogP contribution in [0.2, 0.25) is 0 Å². The summed E-state index contributed by atoms with van der Waals surface area (Å²) in [6.07, 6.45) is 0. The van der Waals surface area contributed by atoms with Crippen molar-refractivity contribution in [1.82, 2.24) is 0 Å². The fourth-order valence-electron chi connectivity index (χ4n) is 2.45. The maximum Gasteiger partial charge on any atom is 0.221 e. The number of nitrogens with zero attached hydrogens (tertiary/aromatic N) is 4. The molecule has 2 amide bonds. The summed E-state index contributed by atoms with van der Waals surface area (Å²) >= 11 is 0. The average molecular weight is 400 g/mol. The van der Waals surface area contributed by atoms with Crippen LogP contribution < -0.4 is 10.6 Å². The van der Waals surface area contributed by atoms with Gasteiger partial charge in [-0.2, -0.15) is 20.5 Å². The number of carbonyl (C=O) groups excluding carboxylic acids is 2. The molecule has 2 N–H and O–H groups in total.